The molecular weight excluding hydrogens is 1440 g/mol. The van der Waals surface area contributed by atoms with Gasteiger partial charge in [0.05, 0.1) is 57.3 Å². The van der Waals surface area contributed by atoms with Crippen LogP contribution in [-0.4, -0.2) is 183 Å². The van der Waals surface area contributed by atoms with Crippen LogP contribution in [0, 0.1) is 25.5 Å². The maximum Gasteiger partial charge on any atom is 0.253 e. The first kappa shape index (κ1) is 79.5. The Bertz CT molecular complexity index is 5060. The molecule has 23 nitrogen and oxygen atoms in total. The van der Waals surface area contributed by atoms with Crippen molar-refractivity contribution in [2.75, 3.05) is 72.8 Å². The number of hydrogen-bond acceptors (Lipinski definition) is 15. The third-order valence-corrected chi connectivity index (χ3v) is 25.5. The zero-order valence-corrected chi connectivity index (χ0v) is 68.5. The number of rotatable bonds is 18. The van der Waals surface area contributed by atoms with Gasteiger partial charge in [-0.1, -0.05) is 44.0 Å². The second-order valence-electron chi connectivity index (χ2n) is 35.1. The number of hydrogen-bond donors (Lipinski definition) is 5. The highest BCUT2D eigenvalue weighted by Gasteiger charge is 2.58. The molecule has 2 aliphatic carbocycles. The molecule has 10 heterocycles. The number of benzene rings is 4. The molecule has 4 aromatic heterocycles. The Balaban J connectivity index is 0.000000180. The summed E-state index contributed by atoms with van der Waals surface area (Å²) in [5.74, 6) is -0.690. The predicted octanol–water partition coefficient (Wildman–Crippen LogP) is 14.6. The van der Waals surface area contributed by atoms with Crippen LogP contribution in [0.3, 0.4) is 0 Å². The highest BCUT2D eigenvalue weighted by molar-refractivity contribution is 6.11. The van der Waals surface area contributed by atoms with Gasteiger partial charge in [0.25, 0.3) is 17.7 Å². The van der Waals surface area contributed by atoms with E-state index in [1.54, 1.807) is 37.5 Å². The first-order valence-electron chi connectivity index (χ1n) is 41.7. The zero-order valence-electron chi connectivity index (χ0n) is 68.5. The van der Waals surface area contributed by atoms with Crippen molar-refractivity contribution in [1.82, 2.24) is 59.3 Å². The minimum atomic E-state index is -1.48. The maximum absolute atomic E-state index is 15.7. The zero-order chi connectivity index (χ0) is 80.7. The van der Waals surface area contributed by atoms with Gasteiger partial charge in [0.2, 0.25) is 17.7 Å². The van der Waals surface area contributed by atoms with E-state index in [4.69, 9.17) is 19.9 Å². The summed E-state index contributed by atoms with van der Waals surface area (Å²) in [7, 11) is 0. The van der Waals surface area contributed by atoms with Crippen LogP contribution >= 0.6 is 0 Å². The largest absolute Gasteiger partial charge is 0.381 e. The number of piperidine rings is 4. The van der Waals surface area contributed by atoms with E-state index in [2.05, 4.69) is 74.1 Å². The number of fused-ring (bicyclic) bond motifs is 6. The summed E-state index contributed by atoms with van der Waals surface area (Å²) in [6, 6.07) is 23.1. The van der Waals surface area contributed by atoms with E-state index in [0.717, 1.165) is 91.0 Å². The molecule has 0 atom stereocenters. The number of nitrogens with one attached hydrogen (secondary N) is 4. The van der Waals surface area contributed by atoms with Crippen LogP contribution in [0.2, 0.25) is 0 Å². The lowest BCUT2D eigenvalue weighted by Gasteiger charge is -2.48. The van der Waals surface area contributed by atoms with Crippen molar-refractivity contribution in [3.8, 4) is 22.5 Å². The van der Waals surface area contributed by atoms with Gasteiger partial charge in [-0.15, -0.1) is 0 Å². The number of nitrogens with zero attached hydrogens (tertiary/aromatic N) is 12. The van der Waals surface area contributed by atoms with Gasteiger partial charge in [0.15, 0.2) is 11.6 Å². The molecule has 114 heavy (non-hydrogen) atoms. The lowest BCUT2D eigenvalue weighted by atomic mass is 9.73. The van der Waals surface area contributed by atoms with Crippen LogP contribution in [0.15, 0.2) is 85.5 Å². The fraction of sp³-hybridized carbons (Fsp3) is 0.528. The van der Waals surface area contributed by atoms with Gasteiger partial charge in [-0.2, -0.15) is 0 Å². The van der Waals surface area contributed by atoms with E-state index in [9.17, 15) is 33.9 Å². The smallest absolute Gasteiger partial charge is 0.253 e. The monoisotopic (exact) mass is 1550 g/mol. The first-order chi connectivity index (χ1) is 54.4. The standard InChI is InChI=1S/C45H57FN8O4.C44H55FN8O3/c1-26(2)48-41(55)32-23-36(34(46)19-28(32)5)50-40-39-37(47-25-53(39)27(3)4)24-35(49-40)29-11-12-33-38(20-29)54(31-21-30(22-31)51-15-9-8-10-16-51)43(57)45(33)13-17-52(18-14-45)42(56)44(6,7)58;1-7-39(54)51-17-13-44(14-18-51)33-12-11-29(20-38(33)53(43(44)56)31-21-30(22-31)50-15-9-8-10-16-50)35-24-37-40(52(25-46-37)27(4)5)41(48-35)49-36-23-32(28(6)19-34(36)45)42(55)47-26(2)3/h11-12,19-20,23-27,30-31,58H,8-10,13-18,21-22H2,1-7H3,(H,48,55)(H,49,50);11-12,19-20,23-27,30-31H,7-10,13-18,21-22H2,1-6H3,(H,47,55)(H,48,49). The lowest BCUT2D eigenvalue weighted by molar-refractivity contribution is -0.150. The van der Waals surface area contributed by atoms with Crippen molar-refractivity contribution in [3.63, 3.8) is 0 Å². The van der Waals surface area contributed by atoms with Crippen molar-refractivity contribution < 1.29 is 42.7 Å². The normalized spacial score (nSPS) is 20.9. The van der Waals surface area contributed by atoms with Crippen LogP contribution in [-0.2, 0) is 30.0 Å². The quantitative estimate of drug-likeness (QED) is 0.0536. The van der Waals surface area contributed by atoms with E-state index in [1.165, 1.54) is 70.6 Å². The molecule has 2 saturated carbocycles. The first-order valence-corrected chi connectivity index (χ1v) is 41.7. The number of aliphatic hydroxyl groups is 1. The number of anilines is 6. The van der Waals surface area contributed by atoms with Crippen LogP contribution < -0.4 is 31.1 Å². The Morgan fingerprint density at radius 3 is 1.27 bits per heavy atom. The SMILES string of the molecule is CCC(=O)N1CCC2(CC1)C(=O)N(C1CC(N3CCCCC3)C1)c1cc(-c3cc4ncn(C(C)C)c4c(Nc4cc(C(=O)NC(C)C)c(C)cc4F)n3)ccc12.Cc1cc(F)c(Nc2nc(-c3ccc4c(c3)N(C3CC(N5CCCCC5)C3)C(=O)C43CCN(C(=O)C(C)(C)O)CC3)cc3ncn(C(C)C)c23)cc1C(=O)NC(C)C. The molecule has 4 saturated heterocycles. The number of imidazole rings is 2. The number of halogens is 2. The van der Waals surface area contributed by atoms with E-state index in [1.807, 2.05) is 91.7 Å². The number of likely N-dealkylation sites (tertiary alicyclic amines) is 4. The summed E-state index contributed by atoms with van der Waals surface area (Å²) >= 11 is 0. The van der Waals surface area contributed by atoms with Gasteiger partial charge in [0, 0.05) is 115 Å². The Labute approximate surface area is 667 Å². The van der Waals surface area contributed by atoms with Gasteiger partial charge < -0.3 is 64.9 Å². The molecule has 6 aliphatic heterocycles. The fourth-order valence-corrected chi connectivity index (χ4v) is 19.1. The highest BCUT2D eigenvalue weighted by Crippen LogP contribution is 2.55. The average Bonchev–Trinajstić information content (AvgIpc) is 1.54. The van der Waals surface area contributed by atoms with Crippen LogP contribution in [0.25, 0.3) is 44.6 Å². The van der Waals surface area contributed by atoms with Crippen LogP contribution in [0.5, 0.6) is 0 Å². The van der Waals surface area contributed by atoms with Crippen LogP contribution in [0.4, 0.5) is 43.2 Å². The Morgan fingerprint density at radius 1 is 0.526 bits per heavy atom. The average molecular weight is 1560 g/mol. The van der Waals surface area contributed by atoms with E-state index in [-0.39, 0.29) is 83.1 Å². The Kier molecular flexibility index (Phi) is 22.0. The van der Waals surface area contributed by atoms with Crippen molar-refractivity contribution in [2.24, 2.45) is 0 Å². The molecule has 5 N–H and O–H groups in total. The van der Waals surface area contributed by atoms with Crippen molar-refractivity contribution in [2.45, 2.75) is 251 Å². The third-order valence-electron chi connectivity index (χ3n) is 25.5. The molecule has 0 unspecified atom stereocenters. The molecule has 6 fully saturated rings. The van der Waals surface area contributed by atoms with Gasteiger partial charge in [-0.25, -0.2) is 28.7 Å². The summed E-state index contributed by atoms with van der Waals surface area (Å²) < 4.78 is 35.4. The number of pyridine rings is 2. The van der Waals surface area contributed by atoms with E-state index < -0.39 is 28.1 Å². The van der Waals surface area contributed by atoms with Crippen molar-refractivity contribution in [1.29, 1.82) is 0 Å². The third kappa shape index (κ3) is 14.8. The second-order valence-corrected chi connectivity index (χ2v) is 35.1. The van der Waals surface area contributed by atoms with Gasteiger partial charge >= 0.3 is 0 Å². The maximum atomic E-state index is 15.7. The number of aryl methyl sites for hydroxylation is 2. The predicted molar refractivity (Wildman–Crippen MR) is 442 cm³/mol. The molecule has 0 bridgehead atoms. The molecule has 25 heteroatoms. The minimum Gasteiger partial charge on any atom is -0.381 e. The second kappa shape index (κ2) is 31.5. The van der Waals surface area contributed by atoms with Gasteiger partial charge in [0.1, 0.15) is 28.3 Å². The molecule has 8 aliphatic rings. The summed E-state index contributed by atoms with van der Waals surface area (Å²) in [5.41, 5.74) is 8.61. The molecule has 6 amide bonds. The molecule has 4 aromatic carbocycles. The van der Waals surface area contributed by atoms with Gasteiger partial charge in [-0.05, 0) is 257 Å². The molecule has 604 valence electrons. The van der Waals surface area contributed by atoms with E-state index in [0.29, 0.717) is 132 Å². The molecule has 0 radical (unpaired) electrons. The Hall–Kier alpha value is -9.72. The fourth-order valence-electron chi connectivity index (χ4n) is 19.1. The summed E-state index contributed by atoms with van der Waals surface area (Å²) in [6.45, 7) is 30.5. The van der Waals surface area contributed by atoms with Crippen molar-refractivity contribution >= 4 is 91.9 Å². The number of aromatic nitrogens is 6. The van der Waals surface area contributed by atoms with E-state index >= 15 is 8.78 Å². The molecular formula is C89H112F2N16O7. The topological polar surface area (TPSA) is 252 Å². The Morgan fingerprint density at radius 2 is 0.912 bits per heavy atom. The molecule has 8 aromatic rings. The highest BCUT2D eigenvalue weighted by atomic mass is 19.1. The molecule has 16 rings (SSSR count). The minimum absolute atomic E-state index is 0.0330. The number of carbonyl (C=O) groups is 6. The summed E-state index contributed by atoms with van der Waals surface area (Å²) in [6.07, 6.45) is 17.4. The van der Waals surface area contributed by atoms with Gasteiger partial charge in [-0.3, -0.25) is 28.8 Å². The van der Waals surface area contributed by atoms with Crippen LogP contribution in [0.1, 0.15) is 228 Å². The number of carbonyl (C=O) groups excluding carboxylic acids is 6. The molecule has 2 spiro atoms. The number of amides is 6. The summed E-state index contributed by atoms with van der Waals surface area (Å²) in [5, 5.41) is 22.8. The lowest BCUT2D eigenvalue weighted by Crippen LogP contribution is -2.59. The summed E-state index contributed by atoms with van der Waals surface area (Å²) in [4.78, 5) is 114. The van der Waals surface area contributed by atoms with Crippen molar-refractivity contribution in [3.05, 3.63) is 130 Å².